The van der Waals surface area contributed by atoms with Gasteiger partial charge in [0.2, 0.25) is 0 Å². The van der Waals surface area contributed by atoms with E-state index >= 15 is 0 Å². The quantitative estimate of drug-likeness (QED) is 0.844. The SMILES string of the molecule is Fc1cc(OCC2CCOC2)ccc1Br. The molecule has 82 valence electrons. The predicted molar refractivity (Wildman–Crippen MR) is 58.5 cm³/mol. The second-order valence-electron chi connectivity index (χ2n) is 3.62. The van der Waals surface area contributed by atoms with Crippen molar-refractivity contribution in [3.63, 3.8) is 0 Å². The van der Waals surface area contributed by atoms with Gasteiger partial charge in [-0.15, -0.1) is 0 Å². The minimum Gasteiger partial charge on any atom is -0.493 e. The molecule has 1 aromatic rings. The molecule has 0 saturated carbocycles. The maximum atomic E-state index is 13.1. The molecule has 0 N–H and O–H groups in total. The normalized spacial score (nSPS) is 20.5. The first-order valence-electron chi connectivity index (χ1n) is 4.91. The Morgan fingerprint density at radius 3 is 3.07 bits per heavy atom. The van der Waals surface area contributed by atoms with Crippen molar-refractivity contribution in [2.24, 2.45) is 5.92 Å². The lowest BCUT2D eigenvalue weighted by molar-refractivity contribution is 0.167. The van der Waals surface area contributed by atoms with Crippen molar-refractivity contribution in [2.75, 3.05) is 19.8 Å². The lowest BCUT2D eigenvalue weighted by atomic mass is 10.1. The molecule has 0 spiro atoms. The Kier molecular flexibility index (Phi) is 3.59. The summed E-state index contributed by atoms with van der Waals surface area (Å²) in [4.78, 5) is 0. The topological polar surface area (TPSA) is 18.5 Å². The van der Waals surface area contributed by atoms with E-state index in [2.05, 4.69) is 15.9 Å². The van der Waals surface area contributed by atoms with Gasteiger partial charge >= 0.3 is 0 Å². The standard InChI is InChI=1S/C11H12BrFO2/c12-10-2-1-9(5-11(10)13)15-7-8-3-4-14-6-8/h1-2,5,8H,3-4,6-7H2. The zero-order chi connectivity index (χ0) is 10.7. The molecule has 0 radical (unpaired) electrons. The molecule has 1 fully saturated rings. The molecule has 1 unspecified atom stereocenters. The number of hydrogen-bond donors (Lipinski definition) is 0. The van der Waals surface area contributed by atoms with E-state index in [9.17, 15) is 4.39 Å². The molecule has 2 nitrogen and oxygen atoms in total. The molecular formula is C11H12BrFO2. The van der Waals surface area contributed by atoms with Crippen LogP contribution in [0.3, 0.4) is 0 Å². The second kappa shape index (κ2) is 4.94. The fourth-order valence-corrected chi connectivity index (χ4v) is 1.74. The monoisotopic (exact) mass is 274 g/mol. The summed E-state index contributed by atoms with van der Waals surface area (Å²) in [6.07, 6.45) is 1.03. The van der Waals surface area contributed by atoms with Crippen molar-refractivity contribution in [1.82, 2.24) is 0 Å². The van der Waals surface area contributed by atoms with Gasteiger partial charge in [-0.25, -0.2) is 4.39 Å². The third kappa shape index (κ3) is 2.92. The molecule has 0 aromatic heterocycles. The van der Waals surface area contributed by atoms with Crippen molar-refractivity contribution in [1.29, 1.82) is 0 Å². The average molecular weight is 275 g/mol. The number of benzene rings is 1. The summed E-state index contributed by atoms with van der Waals surface area (Å²) in [7, 11) is 0. The maximum absolute atomic E-state index is 13.1. The van der Waals surface area contributed by atoms with E-state index in [-0.39, 0.29) is 5.82 Å². The number of ether oxygens (including phenoxy) is 2. The second-order valence-corrected chi connectivity index (χ2v) is 4.47. The number of hydrogen-bond acceptors (Lipinski definition) is 2. The summed E-state index contributed by atoms with van der Waals surface area (Å²) in [6.45, 7) is 2.16. The summed E-state index contributed by atoms with van der Waals surface area (Å²) in [5.74, 6) is 0.717. The summed E-state index contributed by atoms with van der Waals surface area (Å²) >= 11 is 3.10. The van der Waals surface area contributed by atoms with E-state index in [1.54, 1.807) is 12.1 Å². The molecule has 1 atom stereocenters. The lowest BCUT2D eigenvalue weighted by Crippen LogP contribution is -2.11. The van der Waals surface area contributed by atoms with Crippen LogP contribution in [-0.4, -0.2) is 19.8 Å². The zero-order valence-corrected chi connectivity index (χ0v) is 9.80. The van der Waals surface area contributed by atoms with Gasteiger partial charge in [-0.2, -0.15) is 0 Å². The van der Waals surface area contributed by atoms with Crippen molar-refractivity contribution >= 4 is 15.9 Å². The van der Waals surface area contributed by atoms with Crippen LogP contribution in [0.4, 0.5) is 4.39 Å². The van der Waals surface area contributed by atoms with Gasteiger partial charge in [-0.1, -0.05) is 0 Å². The summed E-state index contributed by atoms with van der Waals surface area (Å²) in [6, 6.07) is 4.79. The molecule has 1 aromatic carbocycles. The van der Waals surface area contributed by atoms with Gasteiger partial charge in [-0.3, -0.25) is 0 Å². The molecule has 4 heteroatoms. The summed E-state index contributed by atoms with van der Waals surface area (Å²) < 4.78 is 24.3. The Bertz CT molecular complexity index is 337. The van der Waals surface area contributed by atoms with Crippen LogP contribution in [0.5, 0.6) is 5.75 Å². The minimum absolute atomic E-state index is 0.296. The van der Waals surface area contributed by atoms with Gasteiger partial charge < -0.3 is 9.47 Å². The Morgan fingerprint density at radius 2 is 2.40 bits per heavy atom. The highest BCUT2D eigenvalue weighted by atomic mass is 79.9. The van der Waals surface area contributed by atoms with Crippen LogP contribution in [0.15, 0.2) is 22.7 Å². The number of halogens is 2. The Hall–Kier alpha value is -0.610. The van der Waals surface area contributed by atoms with Gasteiger partial charge in [0.1, 0.15) is 11.6 Å². The largest absolute Gasteiger partial charge is 0.493 e. The first-order valence-corrected chi connectivity index (χ1v) is 5.70. The molecule has 2 rings (SSSR count). The third-order valence-electron chi connectivity index (χ3n) is 2.40. The smallest absolute Gasteiger partial charge is 0.141 e. The molecule has 15 heavy (non-hydrogen) atoms. The highest BCUT2D eigenvalue weighted by Gasteiger charge is 2.16. The van der Waals surface area contributed by atoms with Crippen LogP contribution in [0.1, 0.15) is 6.42 Å². The van der Waals surface area contributed by atoms with Crippen molar-refractivity contribution in [3.8, 4) is 5.75 Å². The fraction of sp³-hybridized carbons (Fsp3) is 0.455. The average Bonchev–Trinajstić information content (AvgIpc) is 2.73. The van der Waals surface area contributed by atoms with Crippen LogP contribution in [0, 0.1) is 11.7 Å². The van der Waals surface area contributed by atoms with Crippen LogP contribution < -0.4 is 4.74 Å². The third-order valence-corrected chi connectivity index (χ3v) is 3.04. The molecule has 1 aliphatic heterocycles. The first-order chi connectivity index (χ1) is 7.25. The van der Waals surface area contributed by atoms with Gasteiger partial charge in [0.15, 0.2) is 0 Å². The van der Waals surface area contributed by atoms with E-state index in [0.29, 0.717) is 22.7 Å². The molecular weight excluding hydrogens is 263 g/mol. The zero-order valence-electron chi connectivity index (χ0n) is 8.21. The highest BCUT2D eigenvalue weighted by Crippen LogP contribution is 2.22. The van der Waals surface area contributed by atoms with E-state index in [1.165, 1.54) is 6.07 Å². The van der Waals surface area contributed by atoms with Crippen molar-refractivity contribution < 1.29 is 13.9 Å². The maximum Gasteiger partial charge on any atom is 0.141 e. The molecule has 0 aliphatic carbocycles. The van der Waals surface area contributed by atoms with Gasteiger partial charge in [0.05, 0.1) is 17.7 Å². The molecule has 0 bridgehead atoms. The Morgan fingerprint density at radius 1 is 1.53 bits per heavy atom. The molecule has 0 amide bonds. The van der Waals surface area contributed by atoms with Crippen LogP contribution in [0.25, 0.3) is 0 Å². The molecule has 1 heterocycles. The fourth-order valence-electron chi connectivity index (χ4n) is 1.50. The van der Waals surface area contributed by atoms with Crippen LogP contribution in [-0.2, 0) is 4.74 Å². The highest BCUT2D eigenvalue weighted by molar-refractivity contribution is 9.10. The Balaban J connectivity index is 1.90. The van der Waals surface area contributed by atoms with Crippen molar-refractivity contribution in [2.45, 2.75) is 6.42 Å². The lowest BCUT2D eigenvalue weighted by Gasteiger charge is -2.10. The summed E-state index contributed by atoms with van der Waals surface area (Å²) in [5, 5.41) is 0. The van der Waals surface area contributed by atoms with Gasteiger partial charge in [-0.05, 0) is 34.5 Å². The van der Waals surface area contributed by atoms with Crippen LogP contribution >= 0.6 is 15.9 Å². The van der Waals surface area contributed by atoms with E-state index in [4.69, 9.17) is 9.47 Å². The van der Waals surface area contributed by atoms with E-state index in [0.717, 1.165) is 19.6 Å². The first kappa shape index (κ1) is 10.9. The van der Waals surface area contributed by atoms with Crippen LogP contribution in [0.2, 0.25) is 0 Å². The molecule has 1 saturated heterocycles. The van der Waals surface area contributed by atoms with E-state index in [1.807, 2.05) is 0 Å². The van der Waals surface area contributed by atoms with Gasteiger partial charge in [0, 0.05) is 18.6 Å². The predicted octanol–water partition coefficient (Wildman–Crippen LogP) is 3.00. The Labute approximate surface area is 96.5 Å². The van der Waals surface area contributed by atoms with E-state index < -0.39 is 0 Å². The molecule has 1 aliphatic rings. The number of rotatable bonds is 3. The van der Waals surface area contributed by atoms with Gasteiger partial charge in [0.25, 0.3) is 0 Å². The summed E-state index contributed by atoms with van der Waals surface area (Å²) in [5.41, 5.74) is 0. The van der Waals surface area contributed by atoms with Crippen molar-refractivity contribution in [3.05, 3.63) is 28.5 Å². The minimum atomic E-state index is -0.296.